The zero-order chi connectivity index (χ0) is 12.1. The van der Waals surface area contributed by atoms with Gasteiger partial charge in [-0.05, 0) is 25.4 Å². The lowest BCUT2D eigenvalue weighted by Gasteiger charge is -2.09. The van der Waals surface area contributed by atoms with Gasteiger partial charge in [-0.15, -0.1) is 0 Å². The molecule has 0 rings (SSSR count). The van der Waals surface area contributed by atoms with Crippen LogP contribution in [0.5, 0.6) is 0 Å². The maximum atomic E-state index is 3.55. The van der Waals surface area contributed by atoms with Crippen LogP contribution in [0.1, 0.15) is 78.6 Å². The average Bonchev–Trinajstić information content (AvgIpc) is 2.31. The van der Waals surface area contributed by atoms with Gasteiger partial charge in [-0.1, -0.05) is 72.1 Å². The Morgan fingerprint density at radius 2 is 1.38 bits per heavy atom. The van der Waals surface area contributed by atoms with Gasteiger partial charge in [-0.2, -0.15) is 0 Å². The van der Waals surface area contributed by atoms with E-state index < -0.39 is 0 Å². The fourth-order valence-corrected chi connectivity index (χ4v) is 1.88. The van der Waals surface area contributed by atoms with Crippen molar-refractivity contribution in [1.29, 1.82) is 0 Å². The standard InChI is InChI=1S/C15H33N/c1-4-6-7-8-9-10-11-12-13-16-14-15(3)5-2/h15-16H,4-14H2,1-3H3. The van der Waals surface area contributed by atoms with E-state index in [-0.39, 0.29) is 0 Å². The highest BCUT2D eigenvalue weighted by molar-refractivity contribution is 4.55. The van der Waals surface area contributed by atoms with Crippen LogP contribution in [0.15, 0.2) is 0 Å². The van der Waals surface area contributed by atoms with Crippen LogP contribution in [0.25, 0.3) is 0 Å². The molecule has 0 aliphatic heterocycles. The monoisotopic (exact) mass is 227 g/mol. The van der Waals surface area contributed by atoms with Crippen molar-refractivity contribution in [2.45, 2.75) is 78.6 Å². The smallest absolute Gasteiger partial charge is 0.00233 e. The lowest BCUT2D eigenvalue weighted by molar-refractivity contribution is 0.485. The van der Waals surface area contributed by atoms with Crippen molar-refractivity contribution in [3.63, 3.8) is 0 Å². The molecule has 1 nitrogen and oxygen atoms in total. The summed E-state index contributed by atoms with van der Waals surface area (Å²) in [6.45, 7) is 9.29. The Balaban J connectivity index is 2.93. The topological polar surface area (TPSA) is 12.0 Å². The van der Waals surface area contributed by atoms with Crippen LogP contribution >= 0.6 is 0 Å². The van der Waals surface area contributed by atoms with Crippen molar-refractivity contribution in [2.75, 3.05) is 13.1 Å². The summed E-state index contributed by atoms with van der Waals surface area (Å²) in [4.78, 5) is 0. The summed E-state index contributed by atoms with van der Waals surface area (Å²) in [5.41, 5.74) is 0. The van der Waals surface area contributed by atoms with E-state index in [1.165, 1.54) is 70.9 Å². The average molecular weight is 227 g/mol. The maximum absolute atomic E-state index is 3.55. The zero-order valence-electron chi connectivity index (χ0n) is 11.9. The Labute approximate surface area is 103 Å². The first-order chi connectivity index (χ1) is 7.81. The normalized spacial score (nSPS) is 12.9. The Kier molecular flexibility index (Phi) is 13.0. The summed E-state index contributed by atoms with van der Waals surface area (Å²) in [5, 5.41) is 3.55. The summed E-state index contributed by atoms with van der Waals surface area (Å²) in [6, 6.07) is 0. The van der Waals surface area contributed by atoms with Crippen LogP contribution in [-0.4, -0.2) is 13.1 Å². The molecule has 0 amide bonds. The summed E-state index contributed by atoms with van der Waals surface area (Å²) < 4.78 is 0. The van der Waals surface area contributed by atoms with Gasteiger partial charge in [0.1, 0.15) is 0 Å². The van der Waals surface area contributed by atoms with E-state index in [1.807, 2.05) is 0 Å². The molecule has 0 bridgehead atoms. The highest BCUT2D eigenvalue weighted by Gasteiger charge is 1.96. The van der Waals surface area contributed by atoms with E-state index in [4.69, 9.17) is 0 Å². The minimum atomic E-state index is 0.842. The van der Waals surface area contributed by atoms with Gasteiger partial charge >= 0.3 is 0 Å². The van der Waals surface area contributed by atoms with Crippen LogP contribution in [0.2, 0.25) is 0 Å². The molecule has 0 spiro atoms. The fraction of sp³-hybridized carbons (Fsp3) is 1.00. The summed E-state index contributed by atoms with van der Waals surface area (Å²) in [5.74, 6) is 0.842. The van der Waals surface area contributed by atoms with Crippen LogP contribution in [0.4, 0.5) is 0 Å². The minimum Gasteiger partial charge on any atom is -0.316 e. The Bertz CT molecular complexity index is 123. The predicted molar refractivity (Wildman–Crippen MR) is 74.9 cm³/mol. The summed E-state index contributed by atoms with van der Waals surface area (Å²) in [6.07, 6.45) is 12.7. The number of rotatable bonds is 12. The van der Waals surface area contributed by atoms with Gasteiger partial charge in [0.15, 0.2) is 0 Å². The van der Waals surface area contributed by atoms with Crippen LogP contribution in [-0.2, 0) is 0 Å². The van der Waals surface area contributed by atoms with Crippen molar-refractivity contribution < 1.29 is 0 Å². The molecule has 0 heterocycles. The predicted octanol–water partition coefficient (Wildman–Crippen LogP) is 4.76. The van der Waals surface area contributed by atoms with Crippen LogP contribution in [0.3, 0.4) is 0 Å². The molecule has 0 fully saturated rings. The van der Waals surface area contributed by atoms with Gasteiger partial charge in [0.05, 0.1) is 0 Å². The van der Waals surface area contributed by atoms with Crippen molar-refractivity contribution in [2.24, 2.45) is 5.92 Å². The Morgan fingerprint density at radius 3 is 1.94 bits per heavy atom. The van der Waals surface area contributed by atoms with E-state index >= 15 is 0 Å². The minimum absolute atomic E-state index is 0.842. The van der Waals surface area contributed by atoms with Crippen molar-refractivity contribution in [3.05, 3.63) is 0 Å². The molecule has 0 saturated heterocycles. The molecule has 98 valence electrons. The van der Waals surface area contributed by atoms with Gasteiger partial charge in [0, 0.05) is 0 Å². The molecule has 1 atom stereocenters. The number of hydrogen-bond acceptors (Lipinski definition) is 1. The molecule has 0 aromatic rings. The first-order valence-electron chi connectivity index (χ1n) is 7.52. The number of hydrogen-bond donors (Lipinski definition) is 1. The largest absolute Gasteiger partial charge is 0.316 e. The Morgan fingerprint density at radius 1 is 0.812 bits per heavy atom. The van der Waals surface area contributed by atoms with Gasteiger partial charge in [-0.3, -0.25) is 0 Å². The number of unbranched alkanes of at least 4 members (excludes halogenated alkanes) is 7. The highest BCUT2D eigenvalue weighted by atomic mass is 14.8. The fourth-order valence-electron chi connectivity index (χ4n) is 1.88. The molecule has 0 radical (unpaired) electrons. The quantitative estimate of drug-likeness (QED) is 0.474. The molecular formula is C15H33N. The molecule has 16 heavy (non-hydrogen) atoms. The third-order valence-corrected chi connectivity index (χ3v) is 3.40. The van der Waals surface area contributed by atoms with Gasteiger partial charge in [-0.25, -0.2) is 0 Å². The molecule has 0 aromatic heterocycles. The number of nitrogens with one attached hydrogen (secondary N) is 1. The molecule has 0 saturated carbocycles. The van der Waals surface area contributed by atoms with E-state index in [0.717, 1.165) is 5.92 Å². The molecule has 1 N–H and O–H groups in total. The SMILES string of the molecule is CCCCCCCCCCNCC(C)CC. The summed E-state index contributed by atoms with van der Waals surface area (Å²) >= 11 is 0. The first-order valence-corrected chi connectivity index (χ1v) is 7.52. The van der Waals surface area contributed by atoms with Gasteiger partial charge < -0.3 is 5.32 Å². The molecule has 0 aliphatic rings. The molecule has 1 unspecified atom stereocenters. The van der Waals surface area contributed by atoms with Gasteiger partial charge in [0.25, 0.3) is 0 Å². The molecule has 0 aliphatic carbocycles. The van der Waals surface area contributed by atoms with E-state index in [0.29, 0.717) is 0 Å². The van der Waals surface area contributed by atoms with Gasteiger partial charge in [0.2, 0.25) is 0 Å². The molecule has 0 aromatic carbocycles. The van der Waals surface area contributed by atoms with Crippen molar-refractivity contribution >= 4 is 0 Å². The summed E-state index contributed by atoms with van der Waals surface area (Å²) in [7, 11) is 0. The Hall–Kier alpha value is -0.0400. The molecule has 1 heteroatoms. The highest BCUT2D eigenvalue weighted by Crippen LogP contribution is 2.07. The second-order valence-electron chi connectivity index (χ2n) is 5.19. The third kappa shape index (κ3) is 12.0. The zero-order valence-corrected chi connectivity index (χ0v) is 11.9. The molecular weight excluding hydrogens is 194 g/mol. The second kappa shape index (κ2) is 13.0. The first kappa shape index (κ1) is 16.0. The lowest BCUT2D eigenvalue weighted by Crippen LogP contribution is -2.21. The maximum Gasteiger partial charge on any atom is -0.00233 e. The lowest BCUT2D eigenvalue weighted by atomic mass is 10.1. The van der Waals surface area contributed by atoms with Crippen molar-refractivity contribution in [3.8, 4) is 0 Å². The van der Waals surface area contributed by atoms with E-state index in [2.05, 4.69) is 26.1 Å². The van der Waals surface area contributed by atoms with E-state index in [1.54, 1.807) is 0 Å². The van der Waals surface area contributed by atoms with Crippen LogP contribution < -0.4 is 5.32 Å². The van der Waals surface area contributed by atoms with Crippen molar-refractivity contribution in [1.82, 2.24) is 5.32 Å². The second-order valence-corrected chi connectivity index (χ2v) is 5.19. The van der Waals surface area contributed by atoms with E-state index in [9.17, 15) is 0 Å². The van der Waals surface area contributed by atoms with Crippen LogP contribution in [0, 0.1) is 5.92 Å². The third-order valence-electron chi connectivity index (χ3n) is 3.40.